The molecule has 25 heavy (non-hydrogen) atoms. The molecule has 3 nitrogen and oxygen atoms in total. The first-order valence-electron chi connectivity index (χ1n) is 7.81. The highest BCUT2D eigenvalue weighted by molar-refractivity contribution is 9.10. The molecule has 0 bridgehead atoms. The zero-order chi connectivity index (χ0) is 17.6. The van der Waals surface area contributed by atoms with Crippen molar-refractivity contribution in [2.24, 2.45) is 0 Å². The Kier molecular flexibility index (Phi) is 5.51. The standard InChI is InChI=1S/C21H17BrO3/c1-24-20-12-16(13-23)11-19(22)21(20)25-14-15-7-9-18(10-8-15)17-5-3-2-4-6-17/h2-13H,14H2,1H3. The third-order valence-corrected chi connectivity index (χ3v) is 4.42. The predicted octanol–water partition coefficient (Wildman–Crippen LogP) is 5.52. The van der Waals surface area contributed by atoms with Gasteiger partial charge in [0.2, 0.25) is 0 Å². The summed E-state index contributed by atoms with van der Waals surface area (Å²) in [5, 5.41) is 0. The van der Waals surface area contributed by atoms with Crippen LogP contribution in [0.2, 0.25) is 0 Å². The second-order valence-corrected chi connectivity index (χ2v) is 6.36. The summed E-state index contributed by atoms with van der Waals surface area (Å²) >= 11 is 3.43. The summed E-state index contributed by atoms with van der Waals surface area (Å²) < 4.78 is 11.9. The lowest BCUT2D eigenvalue weighted by Gasteiger charge is -2.13. The molecule has 0 radical (unpaired) electrons. The summed E-state index contributed by atoms with van der Waals surface area (Å²) in [6, 6.07) is 21.8. The van der Waals surface area contributed by atoms with E-state index in [9.17, 15) is 4.79 Å². The minimum atomic E-state index is 0.407. The van der Waals surface area contributed by atoms with Crippen LogP contribution in [0.15, 0.2) is 71.2 Å². The number of carbonyl (C=O) groups excluding carboxylic acids is 1. The van der Waals surface area contributed by atoms with Crippen molar-refractivity contribution in [1.82, 2.24) is 0 Å². The summed E-state index contributed by atoms with van der Waals surface area (Å²) in [4.78, 5) is 10.9. The topological polar surface area (TPSA) is 35.5 Å². The normalized spacial score (nSPS) is 10.3. The maximum Gasteiger partial charge on any atom is 0.175 e. The second kappa shape index (κ2) is 7.99. The number of halogens is 1. The smallest absolute Gasteiger partial charge is 0.175 e. The van der Waals surface area contributed by atoms with Crippen molar-refractivity contribution < 1.29 is 14.3 Å². The van der Waals surface area contributed by atoms with Gasteiger partial charge in [-0.1, -0.05) is 54.6 Å². The summed E-state index contributed by atoms with van der Waals surface area (Å²) in [5.41, 5.74) is 3.93. The van der Waals surface area contributed by atoms with Gasteiger partial charge in [0.1, 0.15) is 12.9 Å². The van der Waals surface area contributed by atoms with Crippen LogP contribution in [0.4, 0.5) is 0 Å². The van der Waals surface area contributed by atoms with E-state index < -0.39 is 0 Å². The van der Waals surface area contributed by atoms with Gasteiger partial charge in [0.15, 0.2) is 11.5 Å². The highest BCUT2D eigenvalue weighted by atomic mass is 79.9. The Labute approximate surface area is 155 Å². The molecule has 3 aromatic rings. The van der Waals surface area contributed by atoms with Crippen LogP contribution in [-0.2, 0) is 6.61 Å². The molecule has 0 amide bonds. The van der Waals surface area contributed by atoms with Gasteiger partial charge in [-0.05, 0) is 44.8 Å². The number of methoxy groups -OCH3 is 1. The quantitative estimate of drug-likeness (QED) is 0.514. The number of rotatable bonds is 6. The summed E-state index contributed by atoms with van der Waals surface area (Å²) in [7, 11) is 1.55. The first-order chi connectivity index (χ1) is 12.2. The molecule has 0 aliphatic rings. The highest BCUT2D eigenvalue weighted by Crippen LogP contribution is 2.36. The van der Waals surface area contributed by atoms with E-state index in [1.165, 1.54) is 11.1 Å². The molecule has 3 rings (SSSR count). The van der Waals surface area contributed by atoms with Crippen LogP contribution >= 0.6 is 15.9 Å². The van der Waals surface area contributed by atoms with Gasteiger partial charge in [0, 0.05) is 5.56 Å². The van der Waals surface area contributed by atoms with E-state index in [0.29, 0.717) is 28.1 Å². The van der Waals surface area contributed by atoms with Crippen LogP contribution in [0.25, 0.3) is 11.1 Å². The number of hydrogen-bond donors (Lipinski definition) is 0. The molecule has 0 saturated heterocycles. The van der Waals surface area contributed by atoms with Gasteiger partial charge < -0.3 is 9.47 Å². The van der Waals surface area contributed by atoms with E-state index in [1.54, 1.807) is 19.2 Å². The molecular formula is C21H17BrO3. The Hall–Kier alpha value is -2.59. The van der Waals surface area contributed by atoms with E-state index in [1.807, 2.05) is 30.3 Å². The third kappa shape index (κ3) is 4.09. The number of aldehydes is 1. The van der Waals surface area contributed by atoms with Crippen molar-refractivity contribution >= 4 is 22.2 Å². The van der Waals surface area contributed by atoms with E-state index in [4.69, 9.17) is 9.47 Å². The molecule has 0 atom stereocenters. The van der Waals surface area contributed by atoms with Crippen molar-refractivity contribution in [2.45, 2.75) is 6.61 Å². The van der Waals surface area contributed by atoms with Crippen LogP contribution in [0.1, 0.15) is 15.9 Å². The zero-order valence-electron chi connectivity index (χ0n) is 13.7. The maximum absolute atomic E-state index is 10.9. The Morgan fingerprint density at radius 3 is 2.28 bits per heavy atom. The van der Waals surface area contributed by atoms with Crippen molar-refractivity contribution in [3.8, 4) is 22.6 Å². The van der Waals surface area contributed by atoms with Crippen molar-refractivity contribution in [3.05, 3.63) is 82.3 Å². The molecule has 3 aromatic carbocycles. The second-order valence-electron chi connectivity index (χ2n) is 5.50. The Morgan fingerprint density at radius 2 is 1.64 bits per heavy atom. The molecule has 126 valence electrons. The third-order valence-electron chi connectivity index (χ3n) is 3.83. The molecule has 0 aliphatic carbocycles. The molecule has 0 saturated carbocycles. The average Bonchev–Trinajstić information content (AvgIpc) is 2.67. The highest BCUT2D eigenvalue weighted by Gasteiger charge is 2.12. The fraction of sp³-hybridized carbons (Fsp3) is 0.0952. The fourth-order valence-electron chi connectivity index (χ4n) is 2.53. The minimum Gasteiger partial charge on any atom is -0.493 e. The molecule has 4 heteroatoms. The lowest BCUT2D eigenvalue weighted by molar-refractivity contribution is 0.112. The molecule has 0 fully saturated rings. The van der Waals surface area contributed by atoms with Crippen LogP contribution < -0.4 is 9.47 Å². The SMILES string of the molecule is COc1cc(C=O)cc(Br)c1OCc1ccc(-c2ccccc2)cc1. The predicted molar refractivity (Wildman–Crippen MR) is 102 cm³/mol. The Morgan fingerprint density at radius 1 is 0.960 bits per heavy atom. The largest absolute Gasteiger partial charge is 0.493 e. The summed E-state index contributed by atoms with van der Waals surface area (Å²) in [6.45, 7) is 0.407. The summed E-state index contributed by atoms with van der Waals surface area (Å²) in [6.07, 6.45) is 0.777. The van der Waals surface area contributed by atoms with E-state index >= 15 is 0 Å². The molecule has 0 spiro atoms. The number of benzene rings is 3. The van der Waals surface area contributed by atoms with Gasteiger partial charge in [-0.2, -0.15) is 0 Å². The number of ether oxygens (including phenoxy) is 2. The van der Waals surface area contributed by atoms with Gasteiger partial charge in [-0.25, -0.2) is 0 Å². The molecule has 0 N–H and O–H groups in total. The Bertz CT molecular complexity index is 858. The molecule has 0 aliphatic heterocycles. The van der Waals surface area contributed by atoms with Crippen LogP contribution in [-0.4, -0.2) is 13.4 Å². The van der Waals surface area contributed by atoms with Crippen molar-refractivity contribution in [3.63, 3.8) is 0 Å². The van der Waals surface area contributed by atoms with Gasteiger partial charge >= 0.3 is 0 Å². The monoisotopic (exact) mass is 396 g/mol. The van der Waals surface area contributed by atoms with Gasteiger partial charge in [0.25, 0.3) is 0 Å². The van der Waals surface area contributed by atoms with E-state index in [-0.39, 0.29) is 0 Å². The van der Waals surface area contributed by atoms with E-state index in [0.717, 1.165) is 11.8 Å². The van der Waals surface area contributed by atoms with Crippen molar-refractivity contribution in [2.75, 3.05) is 7.11 Å². The fourth-order valence-corrected chi connectivity index (χ4v) is 3.10. The Balaban J connectivity index is 1.75. The average molecular weight is 397 g/mol. The van der Waals surface area contributed by atoms with E-state index in [2.05, 4.69) is 40.2 Å². The van der Waals surface area contributed by atoms with Crippen LogP contribution in [0.3, 0.4) is 0 Å². The van der Waals surface area contributed by atoms with Crippen molar-refractivity contribution in [1.29, 1.82) is 0 Å². The van der Waals surface area contributed by atoms with Crippen LogP contribution in [0, 0.1) is 0 Å². The number of carbonyl (C=O) groups is 1. The zero-order valence-corrected chi connectivity index (χ0v) is 15.3. The minimum absolute atomic E-state index is 0.407. The molecular weight excluding hydrogens is 380 g/mol. The molecule has 0 heterocycles. The number of hydrogen-bond acceptors (Lipinski definition) is 3. The van der Waals surface area contributed by atoms with Gasteiger partial charge in [-0.3, -0.25) is 4.79 Å². The molecule has 0 aromatic heterocycles. The first-order valence-corrected chi connectivity index (χ1v) is 8.60. The summed E-state index contributed by atoms with van der Waals surface area (Å²) in [5.74, 6) is 1.11. The molecule has 0 unspecified atom stereocenters. The first kappa shape index (κ1) is 17.2. The lowest BCUT2D eigenvalue weighted by Crippen LogP contribution is -1.99. The lowest BCUT2D eigenvalue weighted by atomic mass is 10.0. The maximum atomic E-state index is 10.9. The van der Waals surface area contributed by atoms with Crippen LogP contribution in [0.5, 0.6) is 11.5 Å². The van der Waals surface area contributed by atoms with Gasteiger partial charge in [0.05, 0.1) is 11.6 Å². The van der Waals surface area contributed by atoms with Gasteiger partial charge in [-0.15, -0.1) is 0 Å².